The van der Waals surface area contributed by atoms with Crippen molar-refractivity contribution in [2.24, 2.45) is 13.0 Å². The molecule has 1 amide bonds. The Morgan fingerprint density at radius 1 is 1.41 bits per heavy atom. The summed E-state index contributed by atoms with van der Waals surface area (Å²) < 4.78 is 10.6. The standard InChI is InChI=1S/C19H21BrN6O2S/c1-24-17(15-5-3-9-28-15)23-26(19(24)29)12-25-8-2-4-13(11-25)18(27)22-16-7-6-14(20)10-21-16/h3,5-7,9-10,13H,2,4,8,11-12H2,1H3,(H,21,22,27). The average Bonchev–Trinajstić information content (AvgIpc) is 3.34. The van der Waals surface area contributed by atoms with Gasteiger partial charge in [-0.05, 0) is 71.8 Å². The van der Waals surface area contributed by atoms with Crippen LogP contribution in [0, 0.1) is 10.7 Å². The van der Waals surface area contributed by atoms with Crippen LogP contribution in [0.4, 0.5) is 5.82 Å². The van der Waals surface area contributed by atoms with Crippen molar-refractivity contribution in [2.45, 2.75) is 19.5 Å². The van der Waals surface area contributed by atoms with E-state index in [9.17, 15) is 4.79 Å². The van der Waals surface area contributed by atoms with Gasteiger partial charge in [-0.15, -0.1) is 5.10 Å². The third kappa shape index (κ3) is 4.49. The fourth-order valence-electron chi connectivity index (χ4n) is 3.47. The Morgan fingerprint density at radius 3 is 3.00 bits per heavy atom. The van der Waals surface area contributed by atoms with Gasteiger partial charge in [-0.1, -0.05) is 0 Å². The van der Waals surface area contributed by atoms with Crippen molar-refractivity contribution in [3.8, 4) is 11.6 Å². The Labute approximate surface area is 181 Å². The number of nitrogens with zero attached hydrogens (tertiary/aromatic N) is 5. The number of aromatic nitrogens is 4. The Kier molecular flexibility index (Phi) is 5.93. The normalized spacial score (nSPS) is 17.4. The van der Waals surface area contributed by atoms with E-state index in [1.807, 2.05) is 29.8 Å². The summed E-state index contributed by atoms with van der Waals surface area (Å²) in [5.74, 6) is 1.82. The van der Waals surface area contributed by atoms with E-state index < -0.39 is 0 Å². The second kappa shape index (κ2) is 8.60. The number of carbonyl (C=O) groups is 1. The Balaban J connectivity index is 1.42. The number of rotatable bonds is 5. The summed E-state index contributed by atoms with van der Waals surface area (Å²) in [6, 6.07) is 7.32. The molecule has 3 aromatic heterocycles. The lowest BCUT2D eigenvalue weighted by Crippen LogP contribution is -2.41. The number of pyridine rings is 1. The number of halogens is 1. The van der Waals surface area contributed by atoms with E-state index in [1.165, 1.54) is 0 Å². The third-order valence-electron chi connectivity index (χ3n) is 4.97. The second-order valence-corrected chi connectivity index (χ2v) is 8.33. The highest BCUT2D eigenvalue weighted by Gasteiger charge is 2.27. The molecule has 1 N–H and O–H groups in total. The van der Waals surface area contributed by atoms with E-state index in [1.54, 1.807) is 23.2 Å². The van der Waals surface area contributed by atoms with Gasteiger partial charge in [0.05, 0.1) is 18.8 Å². The molecule has 1 fully saturated rings. The van der Waals surface area contributed by atoms with Crippen LogP contribution in [-0.4, -0.2) is 43.2 Å². The van der Waals surface area contributed by atoms with E-state index in [-0.39, 0.29) is 11.8 Å². The molecule has 0 bridgehead atoms. The van der Waals surface area contributed by atoms with Crippen molar-refractivity contribution in [3.05, 3.63) is 46.0 Å². The molecular formula is C19H21BrN6O2S. The van der Waals surface area contributed by atoms with Gasteiger partial charge >= 0.3 is 0 Å². The van der Waals surface area contributed by atoms with Crippen LogP contribution in [0.15, 0.2) is 45.6 Å². The molecule has 1 aliphatic rings. The molecule has 1 unspecified atom stereocenters. The monoisotopic (exact) mass is 476 g/mol. The van der Waals surface area contributed by atoms with E-state index in [2.05, 4.69) is 36.2 Å². The molecule has 29 heavy (non-hydrogen) atoms. The molecule has 8 nitrogen and oxygen atoms in total. The number of amides is 1. The molecule has 4 rings (SSSR count). The molecular weight excluding hydrogens is 456 g/mol. The minimum atomic E-state index is -0.100. The predicted octanol–water partition coefficient (Wildman–Crippen LogP) is 3.68. The Bertz CT molecular complexity index is 1040. The first kappa shape index (κ1) is 20.0. The van der Waals surface area contributed by atoms with Gasteiger partial charge in [0.2, 0.25) is 5.91 Å². The summed E-state index contributed by atoms with van der Waals surface area (Å²) in [6.45, 7) is 2.08. The van der Waals surface area contributed by atoms with Gasteiger partial charge in [0.15, 0.2) is 16.4 Å². The summed E-state index contributed by atoms with van der Waals surface area (Å²) in [4.78, 5) is 19.1. The SMILES string of the molecule is Cn1c(-c2ccco2)nn(CN2CCCC(C(=O)Nc3ccc(Br)cn3)C2)c1=S. The highest BCUT2D eigenvalue weighted by molar-refractivity contribution is 9.10. The summed E-state index contributed by atoms with van der Waals surface area (Å²) in [5.41, 5.74) is 0. The lowest BCUT2D eigenvalue weighted by atomic mass is 9.97. The number of hydrogen-bond acceptors (Lipinski definition) is 6. The maximum absolute atomic E-state index is 12.7. The first-order valence-electron chi connectivity index (χ1n) is 9.34. The zero-order valence-corrected chi connectivity index (χ0v) is 18.3. The zero-order valence-electron chi connectivity index (χ0n) is 15.9. The van der Waals surface area contributed by atoms with Crippen molar-refractivity contribution >= 4 is 39.9 Å². The lowest BCUT2D eigenvalue weighted by molar-refractivity contribution is -0.121. The molecule has 3 aromatic rings. The second-order valence-electron chi connectivity index (χ2n) is 7.05. The van der Waals surface area contributed by atoms with Crippen molar-refractivity contribution < 1.29 is 9.21 Å². The number of furan rings is 1. The number of nitrogens with one attached hydrogen (secondary N) is 1. The highest BCUT2D eigenvalue weighted by Crippen LogP contribution is 2.21. The summed E-state index contributed by atoms with van der Waals surface area (Å²) in [5, 5.41) is 7.53. The van der Waals surface area contributed by atoms with E-state index >= 15 is 0 Å². The number of likely N-dealkylation sites (tertiary alicyclic amines) is 1. The first-order valence-corrected chi connectivity index (χ1v) is 10.5. The molecule has 0 radical (unpaired) electrons. The minimum absolute atomic E-state index is 0.00888. The molecule has 0 saturated carbocycles. The van der Waals surface area contributed by atoms with Gasteiger partial charge in [0, 0.05) is 24.3 Å². The molecule has 1 atom stereocenters. The van der Waals surface area contributed by atoms with E-state index in [0.29, 0.717) is 35.4 Å². The largest absolute Gasteiger partial charge is 0.461 e. The van der Waals surface area contributed by atoms with Crippen molar-refractivity contribution in [3.63, 3.8) is 0 Å². The van der Waals surface area contributed by atoms with Gasteiger partial charge in [-0.25, -0.2) is 9.67 Å². The Hall–Kier alpha value is -2.30. The number of carbonyl (C=O) groups excluding carboxylic acids is 1. The number of hydrogen-bond donors (Lipinski definition) is 1. The Morgan fingerprint density at radius 2 is 2.28 bits per heavy atom. The summed E-state index contributed by atoms with van der Waals surface area (Å²) in [6.07, 6.45) is 5.08. The molecule has 0 spiro atoms. The number of piperidine rings is 1. The zero-order chi connectivity index (χ0) is 20.4. The van der Waals surface area contributed by atoms with Gasteiger partial charge in [0.25, 0.3) is 0 Å². The van der Waals surface area contributed by atoms with Crippen molar-refractivity contribution in [1.82, 2.24) is 24.2 Å². The average molecular weight is 477 g/mol. The topological polar surface area (TPSA) is 81.1 Å². The quantitative estimate of drug-likeness (QED) is 0.565. The van der Waals surface area contributed by atoms with Crippen molar-refractivity contribution in [1.29, 1.82) is 0 Å². The van der Waals surface area contributed by atoms with Crippen LogP contribution in [0.1, 0.15) is 12.8 Å². The van der Waals surface area contributed by atoms with Gasteiger partial charge in [-0.3, -0.25) is 9.69 Å². The van der Waals surface area contributed by atoms with Crippen LogP contribution in [0.5, 0.6) is 0 Å². The van der Waals surface area contributed by atoms with Crippen LogP contribution in [0.25, 0.3) is 11.6 Å². The molecule has 0 aromatic carbocycles. The molecule has 152 valence electrons. The van der Waals surface area contributed by atoms with Crippen LogP contribution in [-0.2, 0) is 18.5 Å². The van der Waals surface area contributed by atoms with Crippen LogP contribution >= 0.6 is 28.1 Å². The predicted molar refractivity (Wildman–Crippen MR) is 115 cm³/mol. The minimum Gasteiger partial charge on any atom is -0.461 e. The van der Waals surface area contributed by atoms with Crippen LogP contribution in [0.3, 0.4) is 0 Å². The summed E-state index contributed by atoms with van der Waals surface area (Å²) >= 11 is 8.88. The van der Waals surface area contributed by atoms with E-state index in [0.717, 1.165) is 23.9 Å². The molecule has 4 heterocycles. The molecule has 0 aliphatic carbocycles. The van der Waals surface area contributed by atoms with Crippen LogP contribution in [0.2, 0.25) is 0 Å². The smallest absolute Gasteiger partial charge is 0.229 e. The van der Waals surface area contributed by atoms with Gasteiger partial charge in [0.1, 0.15) is 5.82 Å². The fraction of sp³-hybridized carbons (Fsp3) is 0.368. The van der Waals surface area contributed by atoms with Crippen molar-refractivity contribution in [2.75, 3.05) is 18.4 Å². The highest BCUT2D eigenvalue weighted by atomic mass is 79.9. The van der Waals surface area contributed by atoms with Gasteiger partial charge in [-0.2, -0.15) is 0 Å². The molecule has 10 heteroatoms. The maximum Gasteiger partial charge on any atom is 0.229 e. The summed E-state index contributed by atoms with van der Waals surface area (Å²) in [7, 11) is 1.88. The van der Waals surface area contributed by atoms with Crippen LogP contribution < -0.4 is 5.32 Å². The van der Waals surface area contributed by atoms with E-state index in [4.69, 9.17) is 16.6 Å². The van der Waals surface area contributed by atoms with Gasteiger partial charge < -0.3 is 14.3 Å². The third-order valence-corrected chi connectivity index (χ3v) is 5.93. The maximum atomic E-state index is 12.7. The first-order chi connectivity index (χ1) is 14.0. The fourth-order valence-corrected chi connectivity index (χ4v) is 3.89. The number of anilines is 1. The lowest BCUT2D eigenvalue weighted by Gasteiger charge is -2.31. The molecule has 1 aliphatic heterocycles. The molecule has 1 saturated heterocycles.